The van der Waals surface area contributed by atoms with Gasteiger partial charge in [-0.2, -0.15) is 0 Å². The van der Waals surface area contributed by atoms with Gasteiger partial charge in [-0.15, -0.1) is 0 Å². The SMILES string of the molecule is O=C1COCC2(CCN(c3cnc4ccccc4n3)CC2)N1Cc1cccc(-c2ccccn2)c1. The molecule has 0 aliphatic carbocycles. The minimum absolute atomic E-state index is 0.0541. The number of amides is 1. The van der Waals surface area contributed by atoms with Gasteiger partial charge in [0, 0.05) is 31.4 Å². The van der Waals surface area contributed by atoms with Gasteiger partial charge in [-0.25, -0.2) is 4.98 Å². The Morgan fingerprint density at radius 3 is 2.57 bits per heavy atom. The fourth-order valence-corrected chi connectivity index (χ4v) is 5.22. The van der Waals surface area contributed by atoms with E-state index >= 15 is 0 Å². The van der Waals surface area contributed by atoms with Crippen molar-refractivity contribution in [3.63, 3.8) is 0 Å². The zero-order chi connectivity index (χ0) is 23.7. The molecule has 2 aromatic heterocycles. The highest BCUT2D eigenvalue weighted by Gasteiger charge is 2.45. The van der Waals surface area contributed by atoms with Crippen molar-refractivity contribution in [2.75, 3.05) is 31.2 Å². The molecule has 0 atom stereocenters. The van der Waals surface area contributed by atoms with Crippen LogP contribution in [0.1, 0.15) is 18.4 Å². The van der Waals surface area contributed by atoms with Gasteiger partial charge in [-0.1, -0.05) is 36.4 Å². The summed E-state index contributed by atoms with van der Waals surface area (Å²) in [5, 5.41) is 0. The maximum Gasteiger partial charge on any atom is 0.249 e. The third kappa shape index (κ3) is 4.23. The number of pyridine rings is 1. The van der Waals surface area contributed by atoms with Crippen LogP contribution >= 0.6 is 0 Å². The second-order valence-electron chi connectivity index (χ2n) is 9.32. The van der Waals surface area contributed by atoms with Gasteiger partial charge in [0.05, 0.1) is 35.1 Å². The molecular weight excluding hydrogens is 438 g/mol. The molecule has 7 heteroatoms. The van der Waals surface area contributed by atoms with Crippen LogP contribution in [-0.4, -0.2) is 57.6 Å². The lowest BCUT2D eigenvalue weighted by molar-refractivity contribution is -0.161. The first kappa shape index (κ1) is 21.7. The molecule has 4 heterocycles. The number of carbonyl (C=O) groups is 1. The quantitative estimate of drug-likeness (QED) is 0.452. The van der Waals surface area contributed by atoms with Gasteiger partial charge in [0.1, 0.15) is 12.4 Å². The first-order valence-corrected chi connectivity index (χ1v) is 12.1. The number of hydrogen-bond donors (Lipinski definition) is 0. The Balaban J connectivity index is 1.22. The summed E-state index contributed by atoms with van der Waals surface area (Å²) in [6.07, 6.45) is 5.31. The minimum Gasteiger partial charge on any atom is -0.369 e. The summed E-state index contributed by atoms with van der Waals surface area (Å²) in [5.74, 6) is 0.939. The molecule has 2 fully saturated rings. The lowest BCUT2D eigenvalue weighted by Gasteiger charge is -2.51. The molecule has 2 saturated heterocycles. The first-order valence-electron chi connectivity index (χ1n) is 12.1. The maximum absolute atomic E-state index is 13.1. The lowest BCUT2D eigenvalue weighted by Crippen LogP contribution is -2.63. The third-order valence-electron chi connectivity index (χ3n) is 7.15. The molecule has 35 heavy (non-hydrogen) atoms. The highest BCUT2D eigenvalue weighted by molar-refractivity contribution is 5.79. The summed E-state index contributed by atoms with van der Waals surface area (Å²) in [5.41, 5.74) is 4.58. The number of carbonyl (C=O) groups excluding carboxylic acids is 1. The van der Waals surface area contributed by atoms with Crippen molar-refractivity contribution >= 4 is 22.8 Å². The molecule has 7 nitrogen and oxygen atoms in total. The number of piperidine rings is 1. The number of rotatable bonds is 4. The molecule has 0 N–H and O–H groups in total. The summed E-state index contributed by atoms with van der Waals surface area (Å²) < 4.78 is 5.79. The van der Waals surface area contributed by atoms with Crippen LogP contribution in [-0.2, 0) is 16.1 Å². The van der Waals surface area contributed by atoms with Crippen molar-refractivity contribution < 1.29 is 9.53 Å². The molecule has 1 amide bonds. The summed E-state index contributed by atoms with van der Waals surface area (Å²) in [6, 6.07) is 22.2. The average molecular weight is 466 g/mol. The number of ether oxygens (including phenoxy) is 1. The van der Waals surface area contributed by atoms with E-state index in [-0.39, 0.29) is 18.1 Å². The standard InChI is InChI=1S/C28H27N5O2/c34-27-19-35-20-28(33(27)18-21-6-5-7-22(16-21)23-8-3-4-13-29-23)11-14-32(15-12-28)26-17-30-24-9-1-2-10-25(24)31-26/h1-10,13,16-17H,11-12,14-15,18-20H2. The van der Waals surface area contributed by atoms with Crippen LogP contribution < -0.4 is 4.90 Å². The van der Waals surface area contributed by atoms with E-state index in [1.807, 2.05) is 54.7 Å². The topological polar surface area (TPSA) is 71.5 Å². The van der Waals surface area contributed by atoms with Crippen LogP contribution in [0.3, 0.4) is 0 Å². The van der Waals surface area contributed by atoms with E-state index in [0.717, 1.165) is 59.6 Å². The van der Waals surface area contributed by atoms with Gasteiger partial charge in [0.2, 0.25) is 5.91 Å². The number of hydrogen-bond acceptors (Lipinski definition) is 6. The van der Waals surface area contributed by atoms with E-state index in [1.165, 1.54) is 0 Å². The Labute approximate surface area is 204 Å². The summed E-state index contributed by atoms with van der Waals surface area (Å²) in [7, 11) is 0. The number of morpholine rings is 1. The Kier molecular flexibility index (Phi) is 5.62. The Hall–Kier alpha value is -3.84. The van der Waals surface area contributed by atoms with Gasteiger partial charge in [-0.05, 0) is 48.7 Å². The van der Waals surface area contributed by atoms with E-state index in [0.29, 0.717) is 13.2 Å². The molecule has 2 aromatic carbocycles. The van der Waals surface area contributed by atoms with E-state index in [2.05, 4.69) is 38.0 Å². The molecule has 1 spiro atoms. The van der Waals surface area contributed by atoms with Gasteiger partial charge in [-0.3, -0.25) is 14.8 Å². The molecule has 176 valence electrons. The number of benzene rings is 2. The molecular formula is C28H27N5O2. The fraction of sp³-hybridized carbons (Fsp3) is 0.286. The molecule has 0 radical (unpaired) electrons. The van der Waals surface area contributed by atoms with Crippen LogP contribution in [0.25, 0.3) is 22.3 Å². The second-order valence-corrected chi connectivity index (χ2v) is 9.32. The van der Waals surface area contributed by atoms with Crippen molar-refractivity contribution in [2.24, 2.45) is 0 Å². The van der Waals surface area contributed by atoms with E-state index in [1.54, 1.807) is 6.20 Å². The van der Waals surface area contributed by atoms with Crippen molar-refractivity contribution in [1.82, 2.24) is 19.9 Å². The maximum atomic E-state index is 13.1. The second kappa shape index (κ2) is 9.07. The van der Waals surface area contributed by atoms with Crippen LogP contribution in [0.15, 0.2) is 79.1 Å². The van der Waals surface area contributed by atoms with E-state index < -0.39 is 0 Å². The van der Waals surface area contributed by atoms with Gasteiger partial charge >= 0.3 is 0 Å². The van der Waals surface area contributed by atoms with Crippen LogP contribution in [0.2, 0.25) is 0 Å². The van der Waals surface area contributed by atoms with Gasteiger partial charge in [0.25, 0.3) is 0 Å². The molecule has 2 aliphatic heterocycles. The predicted molar refractivity (Wildman–Crippen MR) is 135 cm³/mol. The van der Waals surface area contributed by atoms with Crippen LogP contribution in [0.5, 0.6) is 0 Å². The fourth-order valence-electron chi connectivity index (χ4n) is 5.22. The zero-order valence-electron chi connectivity index (χ0n) is 19.5. The predicted octanol–water partition coefficient (Wildman–Crippen LogP) is 4.09. The molecule has 6 rings (SSSR count). The molecule has 4 aromatic rings. The average Bonchev–Trinajstić information content (AvgIpc) is 2.92. The number of nitrogens with zero attached hydrogens (tertiary/aromatic N) is 5. The largest absolute Gasteiger partial charge is 0.369 e. The van der Waals surface area contributed by atoms with Crippen LogP contribution in [0, 0.1) is 0 Å². The highest BCUT2D eigenvalue weighted by Crippen LogP contribution is 2.35. The summed E-state index contributed by atoms with van der Waals surface area (Å²) in [4.78, 5) is 31.3. The Morgan fingerprint density at radius 1 is 0.914 bits per heavy atom. The molecule has 0 unspecified atom stereocenters. The van der Waals surface area contributed by atoms with Crippen molar-refractivity contribution in [3.05, 3.63) is 84.7 Å². The number of aromatic nitrogens is 3. The van der Waals surface area contributed by atoms with Crippen molar-refractivity contribution in [3.8, 4) is 11.3 Å². The lowest BCUT2D eigenvalue weighted by atomic mass is 9.84. The van der Waals surface area contributed by atoms with Crippen LogP contribution in [0.4, 0.5) is 5.82 Å². The smallest absolute Gasteiger partial charge is 0.249 e. The van der Waals surface area contributed by atoms with Crippen molar-refractivity contribution in [2.45, 2.75) is 24.9 Å². The monoisotopic (exact) mass is 465 g/mol. The third-order valence-corrected chi connectivity index (χ3v) is 7.15. The zero-order valence-corrected chi connectivity index (χ0v) is 19.5. The van der Waals surface area contributed by atoms with Crippen molar-refractivity contribution in [1.29, 1.82) is 0 Å². The first-order chi connectivity index (χ1) is 17.2. The number of para-hydroxylation sites is 2. The Morgan fingerprint density at radius 2 is 1.74 bits per heavy atom. The highest BCUT2D eigenvalue weighted by atomic mass is 16.5. The normalized spacial score (nSPS) is 17.8. The molecule has 0 bridgehead atoms. The number of fused-ring (bicyclic) bond motifs is 1. The summed E-state index contributed by atoms with van der Waals surface area (Å²) in [6.45, 7) is 2.87. The van der Waals surface area contributed by atoms with Gasteiger partial charge in [0.15, 0.2) is 0 Å². The summed E-state index contributed by atoms with van der Waals surface area (Å²) >= 11 is 0. The van der Waals surface area contributed by atoms with E-state index in [4.69, 9.17) is 9.72 Å². The molecule has 0 saturated carbocycles. The van der Waals surface area contributed by atoms with E-state index in [9.17, 15) is 4.79 Å². The minimum atomic E-state index is -0.308. The Bertz CT molecular complexity index is 1350. The van der Waals surface area contributed by atoms with Gasteiger partial charge < -0.3 is 14.5 Å². The number of anilines is 1. The molecule has 2 aliphatic rings.